The third kappa shape index (κ3) is 7.82. The molecule has 3 atom stereocenters. The van der Waals surface area contributed by atoms with Crippen molar-refractivity contribution in [1.82, 2.24) is 9.80 Å². The van der Waals surface area contributed by atoms with Crippen LogP contribution < -0.4 is 0 Å². The maximum atomic E-state index is 13.2. The molecule has 0 bridgehead atoms. The molecule has 1 aliphatic heterocycles. The predicted molar refractivity (Wildman–Crippen MR) is 158 cm³/mol. The lowest BCUT2D eigenvalue weighted by Gasteiger charge is -2.38. The van der Waals surface area contributed by atoms with Crippen LogP contribution >= 0.6 is 0 Å². The van der Waals surface area contributed by atoms with Crippen molar-refractivity contribution in [1.29, 1.82) is 0 Å². The highest BCUT2D eigenvalue weighted by atomic mass is 16.5. The van der Waals surface area contributed by atoms with Crippen LogP contribution in [0.15, 0.2) is 91.0 Å². The van der Waals surface area contributed by atoms with Gasteiger partial charge in [-0.25, -0.2) is 24.0 Å². The molecular weight excluding hydrogens is 534 g/mol. The lowest BCUT2D eigenvalue weighted by Crippen LogP contribution is -2.61. The minimum Gasteiger partial charge on any atom is -0.468 e. The van der Waals surface area contributed by atoms with E-state index in [0.717, 1.165) is 16.7 Å². The average Bonchev–Trinajstić information content (AvgIpc) is 3.05. The second-order valence-electron chi connectivity index (χ2n) is 10.2. The van der Waals surface area contributed by atoms with E-state index in [0.29, 0.717) is 19.3 Å². The normalized spacial score (nSPS) is 15.6. The van der Waals surface area contributed by atoms with E-state index >= 15 is 0 Å². The highest BCUT2D eigenvalue weighted by molar-refractivity contribution is 5.80. The number of carbonyl (C=O) groups is 3. The van der Waals surface area contributed by atoms with E-state index in [1.807, 2.05) is 105 Å². The Labute approximate surface area is 246 Å². The van der Waals surface area contributed by atoms with Gasteiger partial charge in [0.25, 0.3) is 0 Å². The topological polar surface area (TPSA) is 88.4 Å². The summed E-state index contributed by atoms with van der Waals surface area (Å²) in [6, 6.07) is 26.9. The molecule has 0 fully saturated rings. The molecule has 0 aromatic heterocycles. The number of hydrogen-bond acceptors (Lipinski definition) is 8. The van der Waals surface area contributed by atoms with Gasteiger partial charge in [0.1, 0.15) is 19.4 Å². The minimum absolute atomic E-state index is 0.231. The SMILES string of the molecule is COC(=O)[C@H](Cc1ccccc1)N1C=[N+]([C@@H](Cc2ccccc2)C(=O)OC)CN([C@@H](Cc2ccccc2)C(=O)OC)C1. The molecule has 3 aromatic rings. The molecule has 42 heavy (non-hydrogen) atoms. The molecule has 0 N–H and O–H groups in total. The first-order valence-corrected chi connectivity index (χ1v) is 13.9. The smallest absolute Gasteiger partial charge is 0.351 e. The predicted octanol–water partition coefficient (Wildman–Crippen LogP) is 2.91. The second kappa shape index (κ2) is 14.9. The van der Waals surface area contributed by atoms with Crippen LogP contribution in [0.4, 0.5) is 0 Å². The fourth-order valence-corrected chi connectivity index (χ4v) is 5.24. The molecular formula is C33H38N3O6+. The van der Waals surface area contributed by atoms with Gasteiger partial charge in [-0.1, -0.05) is 91.0 Å². The van der Waals surface area contributed by atoms with Crippen LogP contribution in [0.1, 0.15) is 16.7 Å². The molecule has 3 aromatic carbocycles. The summed E-state index contributed by atoms with van der Waals surface area (Å²) in [5.41, 5.74) is 2.86. The van der Waals surface area contributed by atoms with Crippen LogP contribution in [0.25, 0.3) is 0 Å². The standard InChI is InChI=1S/C33H38N3O6/c1-40-31(37)28(19-25-13-7-4-8-14-25)34-22-35(29(32(38)41-2)20-26-15-9-5-10-16-26)24-36(23-34)30(33(39)42-3)21-27-17-11-6-12-18-27/h4-18,22,28-30H,19-21,23-24H2,1-3H3/q+1/t28-,29-,30-/m0/s1. The quantitative estimate of drug-likeness (QED) is 0.186. The van der Waals surface area contributed by atoms with Gasteiger partial charge in [0, 0.05) is 12.8 Å². The second-order valence-corrected chi connectivity index (χ2v) is 10.2. The van der Waals surface area contributed by atoms with Crippen molar-refractivity contribution in [2.75, 3.05) is 34.7 Å². The highest BCUT2D eigenvalue weighted by Crippen LogP contribution is 2.20. The van der Waals surface area contributed by atoms with Crippen LogP contribution in [0.5, 0.6) is 0 Å². The summed E-state index contributed by atoms with van der Waals surface area (Å²) in [4.78, 5) is 43.5. The largest absolute Gasteiger partial charge is 0.468 e. The zero-order valence-corrected chi connectivity index (χ0v) is 24.3. The zero-order valence-electron chi connectivity index (χ0n) is 24.3. The number of esters is 3. The van der Waals surface area contributed by atoms with Gasteiger partial charge in [0.05, 0.1) is 21.3 Å². The molecule has 0 saturated heterocycles. The molecule has 0 radical (unpaired) electrons. The van der Waals surface area contributed by atoms with Crippen LogP contribution in [0.2, 0.25) is 0 Å². The molecule has 9 heteroatoms. The van der Waals surface area contributed by atoms with Crippen LogP contribution in [0, 0.1) is 0 Å². The van der Waals surface area contributed by atoms with E-state index < -0.39 is 36.0 Å². The van der Waals surface area contributed by atoms with E-state index in [4.69, 9.17) is 14.2 Å². The number of carbonyl (C=O) groups excluding carboxylic acids is 3. The molecule has 0 amide bonds. The summed E-state index contributed by atoms with van der Waals surface area (Å²) in [5, 5.41) is 0. The van der Waals surface area contributed by atoms with Crippen molar-refractivity contribution in [3.05, 3.63) is 108 Å². The van der Waals surface area contributed by atoms with E-state index in [2.05, 4.69) is 0 Å². The van der Waals surface area contributed by atoms with Crippen molar-refractivity contribution in [2.24, 2.45) is 0 Å². The Kier molecular flexibility index (Phi) is 10.8. The van der Waals surface area contributed by atoms with E-state index in [1.165, 1.54) is 21.3 Å². The maximum absolute atomic E-state index is 13.2. The number of methoxy groups -OCH3 is 3. The van der Waals surface area contributed by atoms with Gasteiger partial charge in [-0.2, -0.15) is 0 Å². The molecule has 0 unspecified atom stereocenters. The average molecular weight is 573 g/mol. The summed E-state index contributed by atoms with van der Waals surface area (Å²) >= 11 is 0. The molecule has 0 aliphatic carbocycles. The third-order valence-electron chi connectivity index (χ3n) is 7.46. The number of hydrogen-bond donors (Lipinski definition) is 0. The number of rotatable bonds is 12. The van der Waals surface area contributed by atoms with Crippen molar-refractivity contribution in [3.8, 4) is 0 Å². The molecule has 4 rings (SSSR count). The van der Waals surface area contributed by atoms with Crippen molar-refractivity contribution in [3.63, 3.8) is 0 Å². The summed E-state index contributed by atoms with van der Waals surface area (Å²) in [7, 11) is 4.09. The monoisotopic (exact) mass is 572 g/mol. The Morgan fingerprint density at radius 1 is 0.643 bits per heavy atom. The van der Waals surface area contributed by atoms with Gasteiger partial charge in [0.15, 0.2) is 12.1 Å². The first-order valence-electron chi connectivity index (χ1n) is 13.9. The summed E-state index contributed by atoms with van der Waals surface area (Å²) < 4.78 is 17.6. The number of nitrogens with zero attached hydrogens (tertiary/aromatic N) is 3. The number of benzene rings is 3. The van der Waals surface area contributed by atoms with Crippen molar-refractivity contribution < 1.29 is 33.2 Å². The summed E-state index contributed by atoms with van der Waals surface area (Å²) in [6.45, 7) is 0.462. The molecule has 9 nitrogen and oxygen atoms in total. The first-order chi connectivity index (χ1) is 20.4. The highest BCUT2D eigenvalue weighted by Gasteiger charge is 2.42. The Balaban J connectivity index is 1.77. The van der Waals surface area contributed by atoms with Gasteiger partial charge in [-0.05, 0) is 23.1 Å². The van der Waals surface area contributed by atoms with Crippen LogP contribution in [0.3, 0.4) is 0 Å². The Bertz CT molecular complexity index is 1350. The van der Waals surface area contributed by atoms with E-state index in [9.17, 15) is 14.4 Å². The summed E-state index contributed by atoms with van der Waals surface area (Å²) in [6.07, 6.45) is 2.92. The summed E-state index contributed by atoms with van der Waals surface area (Å²) in [5.74, 6) is -1.25. The Morgan fingerprint density at radius 2 is 1.07 bits per heavy atom. The molecule has 0 saturated carbocycles. The lowest BCUT2D eigenvalue weighted by molar-refractivity contribution is -0.583. The van der Waals surface area contributed by atoms with Crippen LogP contribution in [-0.2, 0) is 47.9 Å². The fraction of sp³-hybridized carbons (Fsp3) is 0.333. The maximum Gasteiger partial charge on any atom is 0.351 e. The van der Waals surface area contributed by atoms with Gasteiger partial charge < -0.3 is 14.2 Å². The van der Waals surface area contributed by atoms with E-state index in [-0.39, 0.29) is 13.3 Å². The van der Waals surface area contributed by atoms with Gasteiger partial charge in [0.2, 0.25) is 6.34 Å². The molecule has 1 aliphatic rings. The van der Waals surface area contributed by atoms with E-state index in [1.54, 1.807) is 6.34 Å². The molecule has 220 valence electrons. The Hall–Kier alpha value is -4.50. The third-order valence-corrected chi connectivity index (χ3v) is 7.46. The van der Waals surface area contributed by atoms with Gasteiger partial charge >= 0.3 is 17.9 Å². The minimum atomic E-state index is -0.715. The van der Waals surface area contributed by atoms with Crippen molar-refractivity contribution in [2.45, 2.75) is 37.4 Å². The van der Waals surface area contributed by atoms with Gasteiger partial charge in [-0.3, -0.25) is 4.79 Å². The number of ether oxygens (including phenoxy) is 3. The first kappa shape index (κ1) is 30.5. The molecule has 0 spiro atoms. The fourth-order valence-electron chi connectivity index (χ4n) is 5.24. The van der Waals surface area contributed by atoms with Gasteiger partial charge in [-0.15, -0.1) is 0 Å². The van der Waals surface area contributed by atoms with Crippen LogP contribution in [-0.4, -0.2) is 91.4 Å². The Morgan fingerprint density at radius 3 is 1.55 bits per heavy atom. The molecule has 1 heterocycles. The van der Waals surface area contributed by atoms with Crippen molar-refractivity contribution >= 4 is 24.2 Å². The lowest BCUT2D eigenvalue weighted by atomic mass is 10.0. The zero-order chi connectivity index (χ0) is 29.9.